The Labute approximate surface area is 152 Å². The van der Waals surface area contributed by atoms with Gasteiger partial charge in [-0.15, -0.1) is 0 Å². The lowest BCUT2D eigenvalue weighted by Gasteiger charge is -2.04. The topological polar surface area (TPSA) is 65.2 Å². The average molecular weight is 381 g/mol. The van der Waals surface area contributed by atoms with Crippen LogP contribution in [0.4, 0.5) is 4.39 Å². The Kier molecular flexibility index (Phi) is 5.31. The van der Waals surface area contributed by atoms with Crippen LogP contribution in [-0.2, 0) is 22.6 Å². The molecule has 0 N–H and O–H groups in total. The molecule has 128 valence electrons. The first-order valence-electron chi connectivity index (χ1n) is 7.19. The lowest BCUT2D eigenvalue weighted by molar-refractivity contribution is -0.144. The zero-order valence-electron chi connectivity index (χ0n) is 12.7. The van der Waals surface area contributed by atoms with Gasteiger partial charge in [0.05, 0.1) is 6.42 Å². The highest BCUT2D eigenvalue weighted by Gasteiger charge is 2.13. The van der Waals surface area contributed by atoms with Crippen molar-refractivity contribution in [3.8, 4) is 11.4 Å². The Morgan fingerprint density at radius 1 is 1.16 bits per heavy atom. The molecule has 0 radical (unpaired) electrons. The number of carbonyl (C=O) groups excluding carboxylic acids is 1. The van der Waals surface area contributed by atoms with Crippen LogP contribution in [0.5, 0.6) is 0 Å². The van der Waals surface area contributed by atoms with Gasteiger partial charge in [0.1, 0.15) is 5.82 Å². The number of ether oxygens (including phenoxy) is 1. The quantitative estimate of drug-likeness (QED) is 0.611. The number of hydrogen-bond donors (Lipinski definition) is 0. The second-order valence-electron chi connectivity index (χ2n) is 5.09. The summed E-state index contributed by atoms with van der Waals surface area (Å²) in [7, 11) is 0. The van der Waals surface area contributed by atoms with E-state index in [1.165, 1.54) is 24.3 Å². The second-order valence-corrected chi connectivity index (χ2v) is 5.94. The van der Waals surface area contributed by atoms with Crippen LogP contribution in [0.25, 0.3) is 11.4 Å². The average Bonchev–Trinajstić information content (AvgIpc) is 3.05. The van der Waals surface area contributed by atoms with Crippen LogP contribution < -0.4 is 0 Å². The summed E-state index contributed by atoms with van der Waals surface area (Å²) in [5.41, 5.74) is 1.20. The summed E-state index contributed by atoms with van der Waals surface area (Å²) < 4.78 is 23.0. The summed E-state index contributed by atoms with van der Waals surface area (Å²) in [5.74, 6) is -0.435. The van der Waals surface area contributed by atoms with E-state index in [0.29, 0.717) is 21.2 Å². The van der Waals surface area contributed by atoms with Gasteiger partial charge in [-0.25, -0.2) is 4.39 Å². The molecule has 0 unspecified atom stereocenters. The van der Waals surface area contributed by atoms with Crippen LogP contribution >= 0.6 is 23.2 Å². The summed E-state index contributed by atoms with van der Waals surface area (Å²) in [6.45, 7) is -0.168. The van der Waals surface area contributed by atoms with Crippen molar-refractivity contribution in [2.45, 2.75) is 13.0 Å². The first kappa shape index (κ1) is 17.4. The molecule has 0 saturated carbocycles. The van der Waals surface area contributed by atoms with Crippen LogP contribution in [0, 0.1) is 5.82 Å². The summed E-state index contributed by atoms with van der Waals surface area (Å²) in [5, 5.41) is 4.64. The number of halogens is 3. The molecule has 0 atom stereocenters. The van der Waals surface area contributed by atoms with Gasteiger partial charge in [-0.1, -0.05) is 34.4 Å². The van der Waals surface area contributed by atoms with Crippen molar-refractivity contribution >= 4 is 29.2 Å². The molecule has 1 aromatic heterocycles. The van der Waals surface area contributed by atoms with Crippen LogP contribution in [0.1, 0.15) is 11.5 Å². The number of rotatable bonds is 5. The number of esters is 1. The maximum atomic E-state index is 12.9. The summed E-state index contributed by atoms with van der Waals surface area (Å²) >= 11 is 11.8. The minimum atomic E-state index is -0.495. The molecule has 3 rings (SSSR count). The van der Waals surface area contributed by atoms with Gasteiger partial charge < -0.3 is 9.26 Å². The Morgan fingerprint density at radius 2 is 1.92 bits per heavy atom. The van der Waals surface area contributed by atoms with Crippen molar-refractivity contribution in [3.05, 3.63) is 69.8 Å². The van der Waals surface area contributed by atoms with E-state index < -0.39 is 5.97 Å². The highest BCUT2D eigenvalue weighted by Crippen LogP contribution is 2.22. The van der Waals surface area contributed by atoms with E-state index in [1.807, 2.05) is 0 Å². The van der Waals surface area contributed by atoms with Gasteiger partial charge in [-0.05, 0) is 42.0 Å². The summed E-state index contributed by atoms with van der Waals surface area (Å²) in [4.78, 5) is 16.0. The van der Waals surface area contributed by atoms with E-state index in [-0.39, 0.29) is 30.6 Å². The molecule has 0 aliphatic heterocycles. The zero-order chi connectivity index (χ0) is 17.8. The van der Waals surface area contributed by atoms with E-state index in [0.717, 1.165) is 0 Å². The maximum absolute atomic E-state index is 12.9. The van der Waals surface area contributed by atoms with Gasteiger partial charge in [-0.2, -0.15) is 4.98 Å². The molecule has 0 saturated heterocycles. The minimum absolute atomic E-state index is 0.00500. The number of aromatic nitrogens is 2. The monoisotopic (exact) mass is 380 g/mol. The Bertz CT molecular complexity index is 897. The fourth-order valence-electron chi connectivity index (χ4n) is 2.04. The Morgan fingerprint density at radius 3 is 2.64 bits per heavy atom. The molecule has 0 fully saturated rings. The Hall–Kier alpha value is -2.44. The molecule has 0 aliphatic rings. The van der Waals surface area contributed by atoms with Gasteiger partial charge in [0.25, 0.3) is 5.89 Å². The van der Waals surface area contributed by atoms with Crippen molar-refractivity contribution in [1.29, 1.82) is 0 Å². The van der Waals surface area contributed by atoms with Crippen LogP contribution in [0.15, 0.2) is 47.0 Å². The molecular formula is C17H11Cl2FN2O3. The third-order valence-electron chi connectivity index (χ3n) is 3.28. The van der Waals surface area contributed by atoms with Gasteiger partial charge in [0.15, 0.2) is 6.61 Å². The van der Waals surface area contributed by atoms with Gasteiger partial charge >= 0.3 is 5.97 Å². The molecule has 3 aromatic rings. The molecule has 1 heterocycles. The number of hydrogen-bond acceptors (Lipinski definition) is 5. The number of carbonyl (C=O) groups is 1. The largest absolute Gasteiger partial charge is 0.455 e. The van der Waals surface area contributed by atoms with E-state index in [4.69, 9.17) is 32.5 Å². The van der Waals surface area contributed by atoms with E-state index in [2.05, 4.69) is 10.1 Å². The predicted molar refractivity (Wildman–Crippen MR) is 89.7 cm³/mol. The van der Waals surface area contributed by atoms with Crippen molar-refractivity contribution in [2.24, 2.45) is 0 Å². The molecule has 2 aromatic carbocycles. The lowest BCUT2D eigenvalue weighted by atomic mass is 10.1. The standard InChI is InChI=1S/C17H11Cl2FN2O3/c18-12-4-1-11(14(19)8-12)7-16(23)24-9-15-21-17(22-25-15)10-2-5-13(20)6-3-10/h1-6,8H,7,9H2. The van der Waals surface area contributed by atoms with Crippen molar-refractivity contribution < 1.29 is 18.4 Å². The normalized spacial score (nSPS) is 10.7. The van der Waals surface area contributed by atoms with Crippen LogP contribution in [0.3, 0.4) is 0 Å². The molecule has 0 aliphatic carbocycles. The van der Waals surface area contributed by atoms with Crippen molar-refractivity contribution in [1.82, 2.24) is 10.1 Å². The molecular weight excluding hydrogens is 370 g/mol. The zero-order valence-corrected chi connectivity index (χ0v) is 14.2. The maximum Gasteiger partial charge on any atom is 0.310 e. The molecule has 5 nitrogen and oxygen atoms in total. The van der Waals surface area contributed by atoms with Crippen molar-refractivity contribution in [2.75, 3.05) is 0 Å². The minimum Gasteiger partial charge on any atom is -0.455 e. The van der Waals surface area contributed by atoms with Crippen LogP contribution in [0.2, 0.25) is 10.0 Å². The third kappa shape index (κ3) is 4.55. The molecule has 8 heteroatoms. The fourth-order valence-corrected chi connectivity index (χ4v) is 2.52. The first-order chi connectivity index (χ1) is 12.0. The molecule has 0 bridgehead atoms. The number of nitrogens with zero attached hydrogens (tertiary/aromatic N) is 2. The predicted octanol–water partition coefficient (Wildman–Crippen LogP) is 4.47. The lowest BCUT2D eigenvalue weighted by Crippen LogP contribution is -2.08. The van der Waals surface area contributed by atoms with Crippen LogP contribution in [-0.4, -0.2) is 16.1 Å². The van der Waals surface area contributed by atoms with Gasteiger partial charge in [0, 0.05) is 15.6 Å². The second kappa shape index (κ2) is 7.63. The summed E-state index contributed by atoms with van der Waals surface area (Å²) in [6, 6.07) is 10.5. The highest BCUT2D eigenvalue weighted by atomic mass is 35.5. The molecule has 0 amide bonds. The first-order valence-corrected chi connectivity index (χ1v) is 7.95. The third-order valence-corrected chi connectivity index (χ3v) is 3.86. The SMILES string of the molecule is O=C(Cc1ccc(Cl)cc1Cl)OCc1nc(-c2ccc(F)cc2)no1. The summed E-state index contributed by atoms with van der Waals surface area (Å²) in [6.07, 6.45) is -0.00500. The fraction of sp³-hybridized carbons (Fsp3) is 0.118. The van der Waals surface area contributed by atoms with Crippen molar-refractivity contribution in [3.63, 3.8) is 0 Å². The smallest absolute Gasteiger partial charge is 0.310 e. The number of benzene rings is 2. The van der Waals surface area contributed by atoms with E-state index in [1.54, 1.807) is 18.2 Å². The molecule has 0 spiro atoms. The van der Waals surface area contributed by atoms with E-state index in [9.17, 15) is 9.18 Å². The molecule has 25 heavy (non-hydrogen) atoms. The van der Waals surface area contributed by atoms with Gasteiger partial charge in [0.2, 0.25) is 5.82 Å². The highest BCUT2D eigenvalue weighted by molar-refractivity contribution is 6.35. The van der Waals surface area contributed by atoms with E-state index >= 15 is 0 Å². The Balaban J connectivity index is 1.58. The van der Waals surface area contributed by atoms with Gasteiger partial charge in [-0.3, -0.25) is 4.79 Å².